The molecule has 0 fully saturated rings. The fourth-order valence-corrected chi connectivity index (χ4v) is 2.28. The molecule has 0 aliphatic carbocycles. The maximum atomic E-state index is 11.1. The van der Waals surface area contributed by atoms with Crippen molar-refractivity contribution < 1.29 is 9.63 Å². The second-order valence-electron chi connectivity index (χ2n) is 5.70. The van der Waals surface area contributed by atoms with Crippen molar-refractivity contribution in [2.24, 2.45) is 0 Å². The first-order valence-corrected chi connectivity index (χ1v) is 8.62. The number of hydrogen-bond donors (Lipinski definition) is 0. The lowest BCUT2D eigenvalue weighted by Crippen LogP contribution is -2.23. The van der Waals surface area contributed by atoms with Gasteiger partial charge in [0, 0.05) is 20.0 Å². The molecule has 0 spiro atoms. The van der Waals surface area contributed by atoms with Crippen molar-refractivity contribution in [1.82, 2.24) is 5.06 Å². The summed E-state index contributed by atoms with van der Waals surface area (Å²) in [6.45, 7) is 4.93. The van der Waals surface area contributed by atoms with Gasteiger partial charge in [0.1, 0.15) is 0 Å². The Morgan fingerprint density at radius 1 is 0.800 bits per heavy atom. The number of hydrogen-bond acceptors (Lipinski definition) is 3. The van der Waals surface area contributed by atoms with Crippen LogP contribution in [0.2, 0.25) is 0 Å². The van der Waals surface area contributed by atoms with Gasteiger partial charge in [0.15, 0.2) is 0 Å². The van der Waals surface area contributed by atoms with E-state index in [2.05, 4.69) is 6.92 Å². The van der Waals surface area contributed by atoms with Crippen LogP contribution in [-0.2, 0) is 9.63 Å². The van der Waals surface area contributed by atoms with Crippen LogP contribution in [-0.4, -0.2) is 24.6 Å². The lowest BCUT2D eigenvalue weighted by molar-refractivity contribution is -0.183. The van der Waals surface area contributed by atoms with E-state index < -0.39 is 0 Å². The highest BCUT2D eigenvalue weighted by Gasteiger charge is 2.04. The van der Waals surface area contributed by atoms with Crippen LogP contribution in [0.25, 0.3) is 0 Å². The zero-order valence-electron chi connectivity index (χ0n) is 14.0. The number of carbonyl (C=O) groups excluding carboxylic acids is 1. The van der Waals surface area contributed by atoms with E-state index in [1.807, 2.05) is 14.0 Å². The van der Waals surface area contributed by atoms with Crippen molar-refractivity contribution >= 4 is 5.97 Å². The van der Waals surface area contributed by atoms with Crippen molar-refractivity contribution in [1.29, 1.82) is 0 Å². The molecule has 0 aromatic heterocycles. The Hall–Kier alpha value is -0.570. The van der Waals surface area contributed by atoms with Gasteiger partial charge < -0.3 is 4.84 Å². The zero-order chi connectivity index (χ0) is 15.1. The van der Waals surface area contributed by atoms with E-state index >= 15 is 0 Å². The first kappa shape index (κ1) is 19.4. The van der Waals surface area contributed by atoms with E-state index in [1.165, 1.54) is 64.2 Å². The predicted octanol–water partition coefficient (Wildman–Crippen LogP) is 5.10. The van der Waals surface area contributed by atoms with E-state index in [1.54, 1.807) is 5.06 Å². The fourth-order valence-electron chi connectivity index (χ4n) is 2.28. The third-order valence-corrected chi connectivity index (χ3v) is 3.62. The van der Waals surface area contributed by atoms with Crippen LogP contribution in [0.5, 0.6) is 0 Å². The molecule has 0 unspecified atom stereocenters. The molecule has 0 N–H and O–H groups in total. The van der Waals surface area contributed by atoms with Crippen molar-refractivity contribution in [3.05, 3.63) is 0 Å². The van der Waals surface area contributed by atoms with Gasteiger partial charge in [-0.05, 0) is 6.42 Å². The van der Waals surface area contributed by atoms with Crippen molar-refractivity contribution in [2.75, 3.05) is 13.6 Å². The molecule has 0 amide bonds. The summed E-state index contributed by atoms with van der Waals surface area (Å²) < 4.78 is 0. The monoisotopic (exact) mass is 285 g/mol. The molecule has 0 atom stereocenters. The highest BCUT2D eigenvalue weighted by atomic mass is 16.7. The molecule has 0 saturated carbocycles. The SMILES string of the molecule is CCCCCCCCCCCCCN(C)OC(=O)CC. The summed E-state index contributed by atoms with van der Waals surface area (Å²) in [4.78, 5) is 16.1. The Morgan fingerprint density at radius 3 is 1.70 bits per heavy atom. The minimum atomic E-state index is -0.143. The van der Waals surface area contributed by atoms with Gasteiger partial charge in [-0.15, -0.1) is 5.06 Å². The molecule has 0 bridgehead atoms. The number of carbonyl (C=O) groups is 1. The number of nitrogens with zero attached hydrogens (tertiary/aromatic N) is 1. The smallest absolute Gasteiger partial charge is 0.324 e. The molecule has 0 aromatic rings. The summed E-state index contributed by atoms with van der Waals surface area (Å²) in [7, 11) is 1.84. The third-order valence-electron chi connectivity index (χ3n) is 3.62. The number of rotatable bonds is 14. The second-order valence-corrected chi connectivity index (χ2v) is 5.70. The van der Waals surface area contributed by atoms with Gasteiger partial charge in [-0.1, -0.05) is 78.1 Å². The quantitative estimate of drug-likeness (QED) is 0.328. The van der Waals surface area contributed by atoms with E-state index in [9.17, 15) is 4.79 Å². The molecule has 3 nitrogen and oxygen atoms in total. The molecular formula is C17H35NO2. The zero-order valence-corrected chi connectivity index (χ0v) is 14.0. The van der Waals surface area contributed by atoms with Gasteiger partial charge in [-0.25, -0.2) is 0 Å². The first-order valence-electron chi connectivity index (χ1n) is 8.62. The largest absolute Gasteiger partial charge is 0.368 e. The topological polar surface area (TPSA) is 29.5 Å². The van der Waals surface area contributed by atoms with Crippen LogP contribution in [0.15, 0.2) is 0 Å². The second kappa shape index (κ2) is 14.8. The molecular weight excluding hydrogens is 250 g/mol. The van der Waals surface area contributed by atoms with Gasteiger partial charge in [-0.3, -0.25) is 4.79 Å². The van der Waals surface area contributed by atoms with Crippen LogP contribution in [0, 0.1) is 0 Å². The molecule has 3 heteroatoms. The maximum absolute atomic E-state index is 11.1. The predicted molar refractivity (Wildman–Crippen MR) is 85.5 cm³/mol. The summed E-state index contributed by atoms with van der Waals surface area (Å²) in [5, 5.41) is 1.67. The molecule has 0 aliphatic rings. The Balaban J connectivity index is 3.14. The van der Waals surface area contributed by atoms with Crippen molar-refractivity contribution in [3.63, 3.8) is 0 Å². The maximum Gasteiger partial charge on any atom is 0.324 e. The van der Waals surface area contributed by atoms with Gasteiger partial charge in [-0.2, -0.15) is 0 Å². The van der Waals surface area contributed by atoms with Crippen LogP contribution in [0.4, 0.5) is 0 Å². The Kier molecular flexibility index (Phi) is 14.4. The summed E-state index contributed by atoms with van der Waals surface area (Å²) in [5.74, 6) is -0.143. The van der Waals surface area contributed by atoms with Gasteiger partial charge in [0.25, 0.3) is 0 Å². The average molecular weight is 285 g/mol. The van der Waals surface area contributed by atoms with Crippen LogP contribution in [0.1, 0.15) is 90.9 Å². The summed E-state index contributed by atoms with van der Waals surface area (Å²) in [6.07, 6.45) is 15.2. The minimum absolute atomic E-state index is 0.143. The Labute approximate surface area is 126 Å². The lowest BCUT2D eigenvalue weighted by Gasteiger charge is -2.15. The van der Waals surface area contributed by atoms with Crippen molar-refractivity contribution in [2.45, 2.75) is 90.9 Å². The van der Waals surface area contributed by atoms with Gasteiger partial charge >= 0.3 is 5.97 Å². The number of unbranched alkanes of at least 4 members (excludes halogenated alkanes) is 10. The number of hydroxylamine groups is 2. The first-order chi connectivity index (χ1) is 9.70. The molecule has 0 rings (SSSR count). The van der Waals surface area contributed by atoms with E-state index in [-0.39, 0.29) is 5.97 Å². The Morgan fingerprint density at radius 2 is 1.25 bits per heavy atom. The molecule has 0 saturated heterocycles. The van der Waals surface area contributed by atoms with E-state index in [4.69, 9.17) is 4.84 Å². The molecule has 0 aromatic carbocycles. The summed E-state index contributed by atoms with van der Waals surface area (Å²) in [5.41, 5.74) is 0. The Bertz CT molecular complexity index is 219. The lowest BCUT2D eigenvalue weighted by atomic mass is 10.1. The standard InChI is InChI=1S/C17H35NO2/c1-4-6-7-8-9-10-11-12-13-14-15-16-18(3)20-17(19)5-2/h4-16H2,1-3H3. The molecule has 20 heavy (non-hydrogen) atoms. The molecule has 0 heterocycles. The highest BCUT2D eigenvalue weighted by Crippen LogP contribution is 2.11. The highest BCUT2D eigenvalue weighted by molar-refractivity contribution is 5.68. The minimum Gasteiger partial charge on any atom is -0.368 e. The average Bonchev–Trinajstić information content (AvgIpc) is 2.44. The van der Waals surface area contributed by atoms with Gasteiger partial charge in [0.2, 0.25) is 0 Å². The summed E-state index contributed by atoms with van der Waals surface area (Å²) in [6, 6.07) is 0. The molecule has 0 aliphatic heterocycles. The van der Waals surface area contributed by atoms with Crippen LogP contribution in [0.3, 0.4) is 0 Å². The van der Waals surface area contributed by atoms with E-state index in [0.29, 0.717) is 6.42 Å². The third kappa shape index (κ3) is 13.9. The van der Waals surface area contributed by atoms with Crippen LogP contribution >= 0.6 is 0 Å². The molecule has 120 valence electrons. The van der Waals surface area contributed by atoms with Gasteiger partial charge in [0.05, 0.1) is 0 Å². The normalized spacial score (nSPS) is 11.0. The summed E-state index contributed by atoms with van der Waals surface area (Å²) >= 11 is 0. The van der Waals surface area contributed by atoms with Crippen LogP contribution < -0.4 is 0 Å². The fraction of sp³-hybridized carbons (Fsp3) is 0.941. The molecule has 0 radical (unpaired) electrons. The van der Waals surface area contributed by atoms with Crippen molar-refractivity contribution in [3.8, 4) is 0 Å². The van der Waals surface area contributed by atoms with E-state index in [0.717, 1.165) is 13.0 Å².